The average Bonchev–Trinajstić information content (AvgIpc) is 3.05. The van der Waals surface area contributed by atoms with Gasteiger partial charge >= 0.3 is 12.0 Å². The third-order valence-corrected chi connectivity index (χ3v) is 4.72. The fourth-order valence-corrected chi connectivity index (χ4v) is 3.31. The fraction of sp³-hybridized carbons (Fsp3) is 0.867. The van der Waals surface area contributed by atoms with E-state index in [1.807, 2.05) is 0 Å². The van der Waals surface area contributed by atoms with Crippen molar-refractivity contribution in [1.82, 2.24) is 15.5 Å². The molecule has 0 radical (unpaired) electrons. The Morgan fingerprint density at radius 2 is 2.05 bits per heavy atom. The molecule has 3 N–H and O–H groups in total. The highest BCUT2D eigenvalue weighted by molar-refractivity contribution is 5.75. The van der Waals surface area contributed by atoms with Crippen LogP contribution in [-0.2, 0) is 4.79 Å². The highest BCUT2D eigenvalue weighted by atomic mass is 16.4. The van der Waals surface area contributed by atoms with Gasteiger partial charge in [-0.1, -0.05) is 0 Å². The Morgan fingerprint density at radius 1 is 1.29 bits per heavy atom. The van der Waals surface area contributed by atoms with Gasteiger partial charge in [-0.3, -0.25) is 4.79 Å². The number of carboxylic acid groups (broad SMARTS) is 1. The van der Waals surface area contributed by atoms with Crippen LogP contribution in [0.1, 0.15) is 39.5 Å². The predicted octanol–water partition coefficient (Wildman–Crippen LogP) is 1.27. The summed E-state index contributed by atoms with van der Waals surface area (Å²) in [4.78, 5) is 25.2. The third-order valence-electron chi connectivity index (χ3n) is 4.72. The highest BCUT2D eigenvalue weighted by Gasteiger charge is 2.30. The van der Waals surface area contributed by atoms with E-state index in [2.05, 4.69) is 29.4 Å². The SMILES string of the molecule is CC(C)N1CCC(CNC(=O)NC2CCC(C(=O)O)C2)C1. The van der Waals surface area contributed by atoms with Crippen molar-refractivity contribution in [1.29, 1.82) is 0 Å². The van der Waals surface area contributed by atoms with Crippen LogP contribution in [0.5, 0.6) is 0 Å². The van der Waals surface area contributed by atoms with Crippen molar-refractivity contribution < 1.29 is 14.7 Å². The topological polar surface area (TPSA) is 81.7 Å². The van der Waals surface area contributed by atoms with Gasteiger partial charge in [0.25, 0.3) is 0 Å². The lowest BCUT2D eigenvalue weighted by Crippen LogP contribution is -2.43. The summed E-state index contributed by atoms with van der Waals surface area (Å²) in [7, 11) is 0. The highest BCUT2D eigenvalue weighted by Crippen LogP contribution is 2.25. The molecule has 3 unspecified atom stereocenters. The number of likely N-dealkylation sites (tertiary alicyclic amines) is 1. The first-order valence-corrected chi connectivity index (χ1v) is 7.97. The molecule has 0 bridgehead atoms. The Kier molecular flexibility index (Phi) is 5.45. The average molecular weight is 297 g/mol. The largest absolute Gasteiger partial charge is 0.481 e. The molecule has 3 atom stereocenters. The van der Waals surface area contributed by atoms with Crippen molar-refractivity contribution >= 4 is 12.0 Å². The van der Waals surface area contributed by atoms with Gasteiger partial charge in [0.15, 0.2) is 0 Å². The van der Waals surface area contributed by atoms with Crippen molar-refractivity contribution in [2.45, 2.75) is 51.6 Å². The molecule has 2 amide bonds. The number of amides is 2. The molecular formula is C15H27N3O3. The van der Waals surface area contributed by atoms with Gasteiger partial charge in [-0.15, -0.1) is 0 Å². The summed E-state index contributed by atoms with van der Waals surface area (Å²) in [5.74, 6) is -0.530. The van der Waals surface area contributed by atoms with E-state index >= 15 is 0 Å². The zero-order chi connectivity index (χ0) is 15.4. The van der Waals surface area contributed by atoms with E-state index in [0.717, 1.165) is 25.9 Å². The zero-order valence-corrected chi connectivity index (χ0v) is 13.0. The van der Waals surface area contributed by atoms with E-state index < -0.39 is 5.97 Å². The second-order valence-corrected chi connectivity index (χ2v) is 6.64. The number of nitrogens with one attached hydrogen (secondary N) is 2. The number of carbonyl (C=O) groups is 2. The maximum absolute atomic E-state index is 11.9. The van der Waals surface area contributed by atoms with E-state index in [4.69, 9.17) is 5.11 Å². The lowest BCUT2D eigenvalue weighted by Gasteiger charge is -2.20. The molecule has 1 saturated carbocycles. The minimum Gasteiger partial charge on any atom is -0.481 e. The molecular weight excluding hydrogens is 270 g/mol. The number of hydrogen-bond donors (Lipinski definition) is 3. The number of carbonyl (C=O) groups excluding carboxylic acids is 1. The smallest absolute Gasteiger partial charge is 0.315 e. The second-order valence-electron chi connectivity index (χ2n) is 6.64. The maximum atomic E-state index is 11.9. The van der Waals surface area contributed by atoms with Crippen LogP contribution in [-0.4, -0.2) is 53.7 Å². The molecule has 0 aromatic rings. The molecule has 120 valence electrons. The first-order chi connectivity index (χ1) is 9.95. The van der Waals surface area contributed by atoms with Crippen LogP contribution in [0.25, 0.3) is 0 Å². The Hall–Kier alpha value is -1.30. The fourth-order valence-electron chi connectivity index (χ4n) is 3.31. The van der Waals surface area contributed by atoms with Crippen molar-refractivity contribution in [2.24, 2.45) is 11.8 Å². The standard InChI is InChI=1S/C15H27N3O3/c1-10(2)18-6-5-11(9-18)8-16-15(21)17-13-4-3-12(7-13)14(19)20/h10-13H,3-9H2,1-2H3,(H,19,20)(H2,16,17,21). The monoisotopic (exact) mass is 297 g/mol. The molecule has 1 aliphatic carbocycles. The van der Waals surface area contributed by atoms with Gasteiger partial charge in [-0.05, 0) is 52.0 Å². The molecule has 21 heavy (non-hydrogen) atoms. The summed E-state index contributed by atoms with van der Waals surface area (Å²) in [6.07, 6.45) is 3.09. The molecule has 2 rings (SSSR count). The summed E-state index contributed by atoms with van der Waals surface area (Å²) < 4.78 is 0. The molecule has 1 aliphatic heterocycles. The molecule has 6 nitrogen and oxygen atoms in total. The van der Waals surface area contributed by atoms with E-state index in [1.54, 1.807) is 0 Å². The molecule has 6 heteroatoms. The summed E-state index contributed by atoms with van der Waals surface area (Å²) in [6.45, 7) is 7.24. The number of urea groups is 1. The molecule has 1 heterocycles. The Balaban J connectivity index is 1.64. The van der Waals surface area contributed by atoms with Crippen LogP contribution < -0.4 is 10.6 Å². The first-order valence-electron chi connectivity index (χ1n) is 7.97. The van der Waals surface area contributed by atoms with Crippen LogP contribution in [0.4, 0.5) is 4.79 Å². The van der Waals surface area contributed by atoms with Gasteiger partial charge in [0, 0.05) is 25.2 Å². The van der Waals surface area contributed by atoms with Gasteiger partial charge in [-0.25, -0.2) is 4.79 Å². The Morgan fingerprint density at radius 3 is 2.62 bits per heavy atom. The van der Waals surface area contributed by atoms with E-state index in [0.29, 0.717) is 31.3 Å². The van der Waals surface area contributed by atoms with Gasteiger partial charge in [-0.2, -0.15) is 0 Å². The van der Waals surface area contributed by atoms with Gasteiger partial charge in [0.1, 0.15) is 0 Å². The Bertz CT molecular complexity index is 386. The predicted molar refractivity (Wildman–Crippen MR) is 80.1 cm³/mol. The summed E-state index contributed by atoms with van der Waals surface area (Å²) in [5.41, 5.74) is 0. The van der Waals surface area contributed by atoms with Crippen LogP contribution in [0, 0.1) is 11.8 Å². The normalized spacial score (nSPS) is 29.8. The third kappa shape index (κ3) is 4.59. The van der Waals surface area contributed by atoms with Crippen molar-refractivity contribution in [3.05, 3.63) is 0 Å². The molecule has 1 saturated heterocycles. The molecule has 2 aliphatic rings. The van der Waals surface area contributed by atoms with Gasteiger partial charge < -0.3 is 20.6 Å². The number of rotatable bonds is 5. The van der Waals surface area contributed by atoms with E-state index in [-0.39, 0.29) is 18.0 Å². The molecule has 0 spiro atoms. The summed E-state index contributed by atoms with van der Waals surface area (Å²) in [6, 6.07) is 0.408. The minimum atomic E-state index is -0.751. The first kappa shape index (κ1) is 16.1. The lowest BCUT2D eigenvalue weighted by atomic mass is 10.1. The van der Waals surface area contributed by atoms with Crippen LogP contribution in [0.3, 0.4) is 0 Å². The molecule has 2 fully saturated rings. The van der Waals surface area contributed by atoms with Crippen molar-refractivity contribution in [3.63, 3.8) is 0 Å². The molecule has 0 aromatic carbocycles. The van der Waals surface area contributed by atoms with E-state index in [1.165, 1.54) is 0 Å². The van der Waals surface area contributed by atoms with E-state index in [9.17, 15) is 9.59 Å². The van der Waals surface area contributed by atoms with Crippen molar-refractivity contribution in [3.8, 4) is 0 Å². The zero-order valence-electron chi connectivity index (χ0n) is 13.0. The number of nitrogens with zero attached hydrogens (tertiary/aromatic N) is 1. The second kappa shape index (κ2) is 7.11. The number of hydrogen-bond acceptors (Lipinski definition) is 3. The van der Waals surface area contributed by atoms with Crippen LogP contribution in [0.15, 0.2) is 0 Å². The molecule has 0 aromatic heterocycles. The number of carboxylic acids is 1. The number of aliphatic carboxylic acids is 1. The van der Waals surface area contributed by atoms with Crippen LogP contribution in [0.2, 0.25) is 0 Å². The van der Waals surface area contributed by atoms with Gasteiger partial charge in [0.05, 0.1) is 5.92 Å². The van der Waals surface area contributed by atoms with Gasteiger partial charge in [0.2, 0.25) is 0 Å². The van der Waals surface area contributed by atoms with Crippen LogP contribution >= 0.6 is 0 Å². The summed E-state index contributed by atoms with van der Waals surface area (Å²) in [5, 5.41) is 14.8. The quantitative estimate of drug-likeness (QED) is 0.714. The van der Waals surface area contributed by atoms with Crippen molar-refractivity contribution in [2.75, 3.05) is 19.6 Å². The summed E-state index contributed by atoms with van der Waals surface area (Å²) >= 11 is 0. The minimum absolute atomic E-state index is 0.00170. The lowest BCUT2D eigenvalue weighted by molar-refractivity contribution is -0.141. The maximum Gasteiger partial charge on any atom is 0.315 e. The Labute approximate surface area is 126 Å².